The molecule has 0 radical (unpaired) electrons. The molecule has 3 rings (SSSR count). The topological polar surface area (TPSA) is 61.4 Å². The summed E-state index contributed by atoms with van der Waals surface area (Å²) in [6.07, 6.45) is 0.259. The molecule has 2 N–H and O–H groups in total. The highest BCUT2D eigenvalue weighted by Gasteiger charge is 2.14. The number of rotatable bonds is 7. The van der Waals surface area contributed by atoms with Gasteiger partial charge in [0.05, 0.1) is 0 Å². The summed E-state index contributed by atoms with van der Waals surface area (Å²) in [7, 11) is 0. The molecule has 1 heterocycles. The summed E-state index contributed by atoms with van der Waals surface area (Å²) in [6.45, 7) is 9.42. The molecule has 1 aliphatic heterocycles. The van der Waals surface area contributed by atoms with Gasteiger partial charge in [0.15, 0.2) is 0 Å². The van der Waals surface area contributed by atoms with Crippen LogP contribution < -0.4 is 15.5 Å². The van der Waals surface area contributed by atoms with E-state index in [2.05, 4.69) is 60.6 Å². The lowest BCUT2D eigenvalue weighted by molar-refractivity contribution is -0.121. The van der Waals surface area contributed by atoms with Crippen molar-refractivity contribution in [1.29, 1.82) is 0 Å². The number of carbonyl (C=O) groups excluding carboxylic acids is 2. The lowest BCUT2D eigenvalue weighted by atomic mass is 9.87. The van der Waals surface area contributed by atoms with Crippen LogP contribution in [0.2, 0.25) is 0 Å². The Morgan fingerprint density at radius 2 is 1.58 bits per heavy atom. The minimum atomic E-state index is -0.153. The van der Waals surface area contributed by atoms with E-state index in [1.54, 1.807) is 0 Å². The fraction of sp³-hybridized carbons (Fsp3) is 0.440. The van der Waals surface area contributed by atoms with Crippen molar-refractivity contribution in [3.8, 4) is 0 Å². The highest BCUT2D eigenvalue weighted by molar-refractivity contribution is 7.99. The first kappa shape index (κ1) is 23.2. The van der Waals surface area contributed by atoms with Gasteiger partial charge in [-0.3, -0.25) is 9.59 Å². The second kappa shape index (κ2) is 10.7. The van der Waals surface area contributed by atoms with Gasteiger partial charge < -0.3 is 15.5 Å². The van der Waals surface area contributed by atoms with Crippen molar-refractivity contribution >= 4 is 29.3 Å². The summed E-state index contributed by atoms with van der Waals surface area (Å²) >= 11 is 2.00. The Morgan fingerprint density at radius 3 is 2.19 bits per heavy atom. The van der Waals surface area contributed by atoms with E-state index in [0.29, 0.717) is 18.7 Å². The summed E-state index contributed by atoms with van der Waals surface area (Å²) in [5, 5.41) is 5.75. The number of hydrogen-bond donors (Lipinski definition) is 2. The number of thioether (sulfide) groups is 1. The van der Waals surface area contributed by atoms with Gasteiger partial charge in [0, 0.05) is 55.4 Å². The first-order valence-corrected chi connectivity index (χ1v) is 12.1. The van der Waals surface area contributed by atoms with Crippen LogP contribution in [0.3, 0.4) is 0 Å². The van der Waals surface area contributed by atoms with E-state index in [0.717, 1.165) is 18.7 Å². The van der Waals surface area contributed by atoms with Gasteiger partial charge in [-0.05, 0) is 40.8 Å². The number of anilines is 1. The van der Waals surface area contributed by atoms with Crippen molar-refractivity contribution in [2.45, 2.75) is 39.2 Å². The zero-order valence-electron chi connectivity index (χ0n) is 18.7. The third-order valence-corrected chi connectivity index (χ3v) is 6.40. The van der Waals surface area contributed by atoms with Crippen LogP contribution in [-0.4, -0.2) is 43.0 Å². The van der Waals surface area contributed by atoms with Gasteiger partial charge in [0.25, 0.3) is 5.91 Å². The molecule has 2 amide bonds. The van der Waals surface area contributed by atoms with Crippen molar-refractivity contribution < 1.29 is 9.59 Å². The lowest BCUT2D eigenvalue weighted by Gasteiger charge is -2.28. The fourth-order valence-electron chi connectivity index (χ4n) is 3.45. The van der Waals surface area contributed by atoms with Crippen LogP contribution in [0.4, 0.5) is 5.69 Å². The van der Waals surface area contributed by atoms with Crippen molar-refractivity contribution in [2.24, 2.45) is 0 Å². The van der Waals surface area contributed by atoms with E-state index in [-0.39, 0.29) is 23.7 Å². The van der Waals surface area contributed by atoms with E-state index in [9.17, 15) is 9.59 Å². The molecule has 5 nitrogen and oxygen atoms in total. The number of carbonyl (C=O) groups is 2. The van der Waals surface area contributed by atoms with Crippen LogP contribution in [0.5, 0.6) is 0 Å². The number of nitrogens with zero attached hydrogens (tertiary/aromatic N) is 1. The molecule has 166 valence electrons. The van der Waals surface area contributed by atoms with E-state index in [1.807, 2.05) is 36.0 Å². The van der Waals surface area contributed by atoms with Crippen molar-refractivity contribution in [3.05, 3.63) is 65.2 Å². The van der Waals surface area contributed by atoms with Gasteiger partial charge in [-0.25, -0.2) is 0 Å². The van der Waals surface area contributed by atoms with Gasteiger partial charge in [-0.2, -0.15) is 11.8 Å². The maximum atomic E-state index is 12.3. The Labute approximate surface area is 190 Å². The molecule has 0 saturated carbocycles. The zero-order chi connectivity index (χ0) is 22.3. The van der Waals surface area contributed by atoms with Crippen LogP contribution in [0.15, 0.2) is 48.5 Å². The Bertz CT molecular complexity index is 867. The third-order valence-electron chi connectivity index (χ3n) is 5.45. The minimum absolute atomic E-state index is 0.0557. The summed E-state index contributed by atoms with van der Waals surface area (Å²) in [4.78, 5) is 26.8. The molecular formula is C25H33N3O2S. The maximum absolute atomic E-state index is 12.3. The Morgan fingerprint density at radius 1 is 0.935 bits per heavy atom. The Kier molecular flexibility index (Phi) is 8.02. The van der Waals surface area contributed by atoms with Crippen molar-refractivity contribution in [1.82, 2.24) is 10.6 Å². The van der Waals surface area contributed by atoms with E-state index in [4.69, 9.17) is 0 Å². The largest absolute Gasteiger partial charge is 0.370 e. The molecule has 0 aliphatic carbocycles. The fourth-order valence-corrected chi connectivity index (χ4v) is 4.35. The first-order chi connectivity index (χ1) is 14.8. The predicted octanol–water partition coefficient (Wildman–Crippen LogP) is 3.97. The maximum Gasteiger partial charge on any atom is 0.251 e. The Hall–Kier alpha value is -2.47. The third kappa shape index (κ3) is 7.03. The minimum Gasteiger partial charge on any atom is -0.370 e. The van der Waals surface area contributed by atoms with Crippen molar-refractivity contribution in [3.63, 3.8) is 0 Å². The molecule has 0 atom stereocenters. The summed E-state index contributed by atoms with van der Waals surface area (Å²) in [6, 6.07) is 16.0. The highest BCUT2D eigenvalue weighted by atomic mass is 32.2. The van der Waals surface area contributed by atoms with Gasteiger partial charge in [-0.15, -0.1) is 0 Å². The van der Waals surface area contributed by atoms with Crippen molar-refractivity contribution in [2.75, 3.05) is 36.0 Å². The van der Waals surface area contributed by atoms with Crippen LogP contribution in [0, 0.1) is 0 Å². The lowest BCUT2D eigenvalue weighted by Crippen LogP contribution is -2.32. The molecule has 2 aromatic rings. The predicted molar refractivity (Wildman–Crippen MR) is 130 cm³/mol. The van der Waals surface area contributed by atoms with Gasteiger partial charge in [0.2, 0.25) is 5.91 Å². The molecule has 6 heteroatoms. The summed E-state index contributed by atoms with van der Waals surface area (Å²) in [5.41, 5.74) is 4.17. The normalized spacial score (nSPS) is 14.2. The standard InChI is InChI=1S/C25H33N3O2S/c1-25(2,3)21-8-6-20(7-9-21)24(30)26-13-12-23(29)27-18-19-4-10-22(11-5-19)28-14-16-31-17-15-28/h4-11H,12-18H2,1-3H3,(H,26,30)(H,27,29). The van der Waals surface area contributed by atoms with Crippen LogP contribution in [0.25, 0.3) is 0 Å². The monoisotopic (exact) mass is 439 g/mol. The molecule has 0 bridgehead atoms. The molecule has 0 unspecified atom stereocenters. The molecule has 1 aliphatic rings. The highest BCUT2D eigenvalue weighted by Crippen LogP contribution is 2.22. The van der Waals surface area contributed by atoms with Gasteiger partial charge in [0.1, 0.15) is 0 Å². The number of nitrogens with one attached hydrogen (secondary N) is 2. The quantitative estimate of drug-likeness (QED) is 0.685. The second-order valence-electron chi connectivity index (χ2n) is 8.88. The smallest absolute Gasteiger partial charge is 0.251 e. The van der Waals surface area contributed by atoms with Crippen LogP contribution in [0.1, 0.15) is 48.7 Å². The van der Waals surface area contributed by atoms with Crippen LogP contribution in [-0.2, 0) is 16.8 Å². The number of benzene rings is 2. The molecule has 1 fully saturated rings. The molecule has 0 aromatic heterocycles. The molecule has 0 spiro atoms. The van der Waals surface area contributed by atoms with Crippen LogP contribution >= 0.6 is 11.8 Å². The molecular weight excluding hydrogens is 406 g/mol. The van der Waals surface area contributed by atoms with E-state index < -0.39 is 0 Å². The van der Waals surface area contributed by atoms with E-state index in [1.165, 1.54) is 22.8 Å². The average molecular weight is 440 g/mol. The average Bonchev–Trinajstić information content (AvgIpc) is 2.78. The summed E-state index contributed by atoms with van der Waals surface area (Å²) in [5.74, 6) is 2.13. The molecule has 31 heavy (non-hydrogen) atoms. The van der Waals surface area contributed by atoms with Gasteiger partial charge >= 0.3 is 0 Å². The molecule has 1 saturated heterocycles. The Balaban J connectivity index is 1.37. The zero-order valence-corrected chi connectivity index (χ0v) is 19.6. The SMILES string of the molecule is CC(C)(C)c1ccc(C(=O)NCCC(=O)NCc2ccc(N3CCSCC3)cc2)cc1. The van der Waals surface area contributed by atoms with E-state index >= 15 is 0 Å². The number of amides is 2. The summed E-state index contributed by atoms with van der Waals surface area (Å²) < 4.78 is 0. The molecule has 2 aromatic carbocycles. The van der Waals surface area contributed by atoms with Gasteiger partial charge in [-0.1, -0.05) is 45.0 Å². The number of hydrogen-bond acceptors (Lipinski definition) is 4. The first-order valence-electron chi connectivity index (χ1n) is 10.9. The second-order valence-corrected chi connectivity index (χ2v) is 10.1.